The van der Waals surface area contributed by atoms with Crippen LogP contribution >= 0.6 is 15.9 Å². The maximum atomic E-state index is 11.8. The smallest absolute Gasteiger partial charge is 0.407 e. The number of carbonyl (C=O) groups is 1. The van der Waals surface area contributed by atoms with Gasteiger partial charge in [0.05, 0.1) is 0 Å². The first kappa shape index (κ1) is 16.1. The maximum absolute atomic E-state index is 11.8. The van der Waals surface area contributed by atoms with Crippen LogP contribution in [0.15, 0.2) is 22.8 Å². The molecule has 0 aliphatic heterocycles. The second kappa shape index (κ2) is 6.64. The van der Waals surface area contributed by atoms with Crippen LogP contribution in [-0.4, -0.2) is 28.8 Å². The summed E-state index contributed by atoms with van der Waals surface area (Å²) in [6.45, 7) is 5.60. The first-order valence-corrected chi connectivity index (χ1v) is 8.00. The number of hydrogen-bond acceptors (Lipinski definition) is 4. The molecular formula is C15H22BrN3O2. The molecule has 1 heterocycles. The highest BCUT2D eigenvalue weighted by Gasteiger charge is 2.27. The Labute approximate surface area is 134 Å². The molecule has 2 N–H and O–H groups in total. The quantitative estimate of drug-likeness (QED) is 0.811. The lowest BCUT2D eigenvalue weighted by Gasteiger charge is -2.22. The van der Waals surface area contributed by atoms with Crippen LogP contribution in [0.1, 0.15) is 40.0 Å². The van der Waals surface area contributed by atoms with E-state index in [4.69, 9.17) is 4.74 Å². The number of ether oxygens (including phenoxy) is 1. The number of halogens is 1. The van der Waals surface area contributed by atoms with E-state index >= 15 is 0 Å². The zero-order valence-corrected chi connectivity index (χ0v) is 14.2. The van der Waals surface area contributed by atoms with Crippen LogP contribution < -0.4 is 10.6 Å². The molecule has 1 fully saturated rings. The van der Waals surface area contributed by atoms with Gasteiger partial charge in [0, 0.05) is 12.1 Å². The summed E-state index contributed by atoms with van der Waals surface area (Å²) in [7, 11) is 0. The summed E-state index contributed by atoms with van der Waals surface area (Å²) in [5, 5.41) is 6.33. The first-order valence-electron chi connectivity index (χ1n) is 7.20. The minimum atomic E-state index is -0.458. The molecule has 2 rings (SSSR count). The summed E-state index contributed by atoms with van der Waals surface area (Å²) in [6, 6.07) is 6.27. The van der Waals surface area contributed by atoms with Gasteiger partial charge in [-0.3, -0.25) is 0 Å². The molecule has 21 heavy (non-hydrogen) atoms. The summed E-state index contributed by atoms with van der Waals surface area (Å²) in [4.78, 5) is 16.1. The molecule has 0 bridgehead atoms. The highest BCUT2D eigenvalue weighted by Crippen LogP contribution is 2.23. The summed E-state index contributed by atoms with van der Waals surface area (Å²) in [5.41, 5.74) is -0.458. The molecule has 0 aromatic carbocycles. The number of anilines is 1. The Balaban J connectivity index is 1.80. The van der Waals surface area contributed by atoms with Gasteiger partial charge in [-0.25, -0.2) is 9.78 Å². The fraction of sp³-hybridized carbons (Fsp3) is 0.600. The van der Waals surface area contributed by atoms with Crippen molar-refractivity contribution in [1.29, 1.82) is 0 Å². The van der Waals surface area contributed by atoms with Gasteiger partial charge in [-0.05, 0) is 68.1 Å². The molecule has 2 atom stereocenters. The third-order valence-electron chi connectivity index (χ3n) is 3.22. The predicted octanol–water partition coefficient (Wildman–Crippen LogP) is 3.70. The third-order valence-corrected chi connectivity index (χ3v) is 3.66. The number of alkyl carbamates (subject to hydrolysis) is 1. The molecule has 1 aliphatic carbocycles. The number of amides is 1. The zero-order valence-electron chi connectivity index (χ0n) is 12.6. The number of nitrogens with zero attached hydrogens (tertiary/aromatic N) is 1. The highest BCUT2D eigenvalue weighted by molar-refractivity contribution is 9.10. The zero-order chi connectivity index (χ0) is 15.5. The first-order chi connectivity index (χ1) is 9.82. The molecule has 1 aromatic heterocycles. The molecule has 0 unspecified atom stereocenters. The van der Waals surface area contributed by atoms with Crippen molar-refractivity contribution in [3.63, 3.8) is 0 Å². The molecule has 1 amide bonds. The second-order valence-electron chi connectivity index (χ2n) is 6.34. The van der Waals surface area contributed by atoms with Crippen LogP contribution in [0.5, 0.6) is 0 Å². The van der Waals surface area contributed by atoms with Crippen molar-refractivity contribution in [2.24, 2.45) is 0 Å². The van der Waals surface area contributed by atoms with E-state index in [9.17, 15) is 4.79 Å². The predicted molar refractivity (Wildman–Crippen MR) is 86.4 cm³/mol. The van der Waals surface area contributed by atoms with Crippen molar-refractivity contribution < 1.29 is 9.53 Å². The molecular weight excluding hydrogens is 334 g/mol. The van der Waals surface area contributed by atoms with Gasteiger partial charge in [0.15, 0.2) is 0 Å². The summed E-state index contributed by atoms with van der Waals surface area (Å²) < 4.78 is 6.09. The van der Waals surface area contributed by atoms with Crippen LogP contribution in [0, 0.1) is 0 Å². The van der Waals surface area contributed by atoms with Gasteiger partial charge < -0.3 is 15.4 Å². The standard InChI is InChI=1S/C15H22BrN3O2/c1-15(2,3)21-14(20)18-11-8-7-10(9-11)17-13-6-4-5-12(16)19-13/h4-6,10-11H,7-9H2,1-3H3,(H,17,19)(H,18,20)/t10-,11-/m1/s1. The summed E-state index contributed by atoms with van der Waals surface area (Å²) >= 11 is 3.36. The number of rotatable bonds is 3. The monoisotopic (exact) mass is 355 g/mol. The van der Waals surface area contributed by atoms with Crippen LogP contribution in [0.3, 0.4) is 0 Å². The topological polar surface area (TPSA) is 63.2 Å². The van der Waals surface area contributed by atoms with Gasteiger partial charge >= 0.3 is 6.09 Å². The molecule has 116 valence electrons. The van der Waals surface area contributed by atoms with Crippen molar-refractivity contribution >= 4 is 27.8 Å². The molecule has 0 saturated heterocycles. The minimum Gasteiger partial charge on any atom is -0.444 e. The fourth-order valence-electron chi connectivity index (χ4n) is 2.42. The lowest BCUT2D eigenvalue weighted by molar-refractivity contribution is 0.0505. The average molecular weight is 356 g/mol. The second-order valence-corrected chi connectivity index (χ2v) is 7.16. The summed E-state index contributed by atoms with van der Waals surface area (Å²) in [5.74, 6) is 0.854. The van der Waals surface area contributed by atoms with Crippen molar-refractivity contribution in [2.75, 3.05) is 5.32 Å². The van der Waals surface area contributed by atoms with Crippen molar-refractivity contribution in [3.05, 3.63) is 22.8 Å². The van der Waals surface area contributed by atoms with Gasteiger partial charge in [0.1, 0.15) is 16.0 Å². The molecule has 6 heteroatoms. The van der Waals surface area contributed by atoms with Crippen molar-refractivity contribution in [1.82, 2.24) is 10.3 Å². The number of pyridine rings is 1. The van der Waals surface area contributed by atoms with E-state index in [1.165, 1.54) is 0 Å². The van der Waals surface area contributed by atoms with Crippen LogP contribution in [-0.2, 0) is 4.74 Å². The Morgan fingerprint density at radius 1 is 1.33 bits per heavy atom. The lowest BCUT2D eigenvalue weighted by atomic mass is 10.2. The van der Waals surface area contributed by atoms with Gasteiger partial charge in [-0.15, -0.1) is 0 Å². The van der Waals surface area contributed by atoms with E-state index < -0.39 is 5.60 Å². The fourth-order valence-corrected chi connectivity index (χ4v) is 2.76. The molecule has 0 spiro atoms. The van der Waals surface area contributed by atoms with Crippen LogP contribution in [0.25, 0.3) is 0 Å². The highest BCUT2D eigenvalue weighted by atomic mass is 79.9. The molecule has 0 radical (unpaired) electrons. The van der Waals surface area contributed by atoms with Crippen LogP contribution in [0.4, 0.5) is 10.6 Å². The van der Waals surface area contributed by atoms with E-state index in [0.717, 1.165) is 29.7 Å². The SMILES string of the molecule is CC(C)(C)OC(=O)N[C@@H]1CC[C@@H](Nc2cccc(Br)n2)C1. The van der Waals surface area contributed by atoms with Gasteiger partial charge in [0.25, 0.3) is 0 Å². The van der Waals surface area contributed by atoms with Crippen LogP contribution in [0.2, 0.25) is 0 Å². The van der Waals surface area contributed by atoms with Crippen molar-refractivity contribution in [3.8, 4) is 0 Å². The Morgan fingerprint density at radius 2 is 2.05 bits per heavy atom. The molecule has 1 saturated carbocycles. The van der Waals surface area contributed by atoms with E-state index in [-0.39, 0.29) is 12.1 Å². The number of aromatic nitrogens is 1. The largest absolute Gasteiger partial charge is 0.444 e. The van der Waals surface area contributed by atoms with E-state index in [2.05, 4.69) is 31.5 Å². The van der Waals surface area contributed by atoms with E-state index in [0.29, 0.717) is 6.04 Å². The molecule has 1 aromatic rings. The lowest BCUT2D eigenvalue weighted by Crippen LogP contribution is -2.38. The van der Waals surface area contributed by atoms with Gasteiger partial charge in [-0.1, -0.05) is 6.07 Å². The van der Waals surface area contributed by atoms with E-state index in [1.54, 1.807) is 0 Å². The normalized spacial score (nSPS) is 21.9. The minimum absolute atomic E-state index is 0.157. The average Bonchev–Trinajstić information content (AvgIpc) is 2.73. The Hall–Kier alpha value is -1.30. The molecule has 1 aliphatic rings. The number of hydrogen-bond donors (Lipinski definition) is 2. The maximum Gasteiger partial charge on any atom is 0.407 e. The molecule has 5 nitrogen and oxygen atoms in total. The van der Waals surface area contributed by atoms with Gasteiger partial charge in [-0.2, -0.15) is 0 Å². The Morgan fingerprint density at radius 3 is 2.71 bits per heavy atom. The Bertz CT molecular complexity index is 502. The summed E-state index contributed by atoms with van der Waals surface area (Å²) in [6.07, 6.45) is 2.50. The number of carbonyl (C=O) groups excluding carboxylic acids is 1. The Kier molecular flexibility index (Phi) is 5.08. The number of nitrogens with one attached hydrogen (secondary N) is 2. The van der Waals surface area contributed by atoms with E-state index in [1.807, 2.05) is 39.0 Å². The van der Waals surface area contributed by atoms with Gasteiger partial charge in [0.2, 0.25) is 0 Å². The third kappa shape index (κ3) is 5.53. The van der Waals surface area contributed by atoms with Crippen molar-refractivity contribution in [2.45, 2.75) is 57.7 Å².